The Morgan fingerprint density at radius 3 is 2.56 bits per heavy atom. The van der Waals surface area contributed by atoms with Gasteiger partial charge in [-0.2, -0.15) is 0 Å². The van der Waals surface area contributed by atoms with Gasteiger partial charge in [-0.05, 0) is 0 Å². The van der Waals surface area contributed by atoms with Crippen molar-refractivity contribution in [1.29, 1.82) is 0 Å². The maximum absolute atomic E-state index is 5.57. The monoisotopic (exact) mass is 212 g/mol. The predicted molar refractivity (Wildman–Crippen MR) is 57.4 cm³/mol. The number of oxazole rings is 1. The summed E-state index contributed by atoms with van der Waals surface area (Å²) >= 11 is 0. The molecule has 2 heterocycles. The van der Waals surface area contributed by atoms with Crippen LogP contribution in [0, 0.1) is 0 Å². The molecule has 78 valence electrons. The summed E-state index contributed by atoms with van der Waals surface area (Å²) in [5.41, 5.74) is 0.987. The fraction of sp³-hybridized carbons (Fsp3) is 0. The van der Waals surface area contributed by atoms with E-state index in [9.17, 15) is 0 Å². The van der Waals surface area contributed by atoms with Crippen molar-refractivity contribution in [1.82, 2.24) is 10.1 Å². The third-order valence-electron chi connectivity index (χ3n) is 2.21. The minimum Gasteiger partial charge on any atom is -0.434 e. The van der Waals surface area contributed by atoms with Gasteiger partial charge in [0.25, 0.3) is 5.89 Å². The van der Waals surface area contributed by atoms with Crippen molar-refractivity contribution in [2.24, 2.45) is 0 Å². The fourth-order valence-electron chi connectivity index (χ4n) is 1.45. The molecule has 3 aromatic rings. The molecule has 0 fully saturated rings. The number of hydrogen-bond donors (Lipinski definition) is 0. The third-order valence-corrected chi connectivity index (χ3v) is 2.21. The fourth-order valence-corrected chi connectivity index (χ4v) is 1.45. The van der Waals surface area contributed by atoms with E-state index in [0.717, 1.165) is 5.56 Å². The second kappa shape index (κ2) is 3.66. The number of benzene rings is 1. The minimum atomic E-state index is 0.441. The lowest BCUT2D eigenvalue weighted by atomic mass is 10.2. The lowest BCUT2D eigenvalue weighted by Gasteiger charge is -1.93. The van der Waals surface area contributed by atoms with Crippen molar-refractivity contribution < 1.29 is 8.94 Å². The Balaban J connectivity index is 2.00. The molecule has 0 saturated carbocycles. The zero-order valence-electron chi connectivity index (χ0n) is 8.33. The van der Waals surface area contributed by atoms with Crippen LogP contribution < -0.4 is 0 Å². The molecule has 1 aromatic carbocycles. The molecule has 0 bridgehead atoms. The normalized spacial score (nSPS) is 10.5. The topological polar surface area (TPSA) is 52.1 Å². The van der Waals surface area contributed by atoms with Crippen molar-refractivity contribution in [3.63, 3.8) is 0 Å². The second-order valence-electron chi connectivity index (χ2n) is 3.27. The second-order valence-corrected chi connectivity index (χ2v) is 3.27. The summed E-state index contributed by atoms with van der Waals surface area (Å²) in [5.74, 6) is 1.69. The molecule has 0 aliphatic rings. The summed E-state index contributed by atoms with van der Waals surface area (Å²) < 4.78 is 10.5. The number of hydrogen-bond acceptors (Lipinski definition) is 4. The molecule has 0 amide bonds. The van der Waals surface area contributed by atoms with E-state index in [1.807, 2.05) is 30.3 Å². The highest BCUT2D eigenvalue weighted by molar-refractivity contribution is 5.58. The van der Waals surface area contributed by atoms with Gasteiger partial charge in [-0.25, -0.2) is 4.98 Å². The van der Waals surface area contributed by atoms with Crippen LogP contribution in [0.5, 0.6) is 0 Å². The molecule has 2 aromatic heterocycles. The standard InChI is InChI=1S/C12H8N2O2/c1-2-4-9(5-3-1)11-8-13-12(15-11)10-6-7-14-16-10/h1-8H. The van der Waals surface area contributed by atoms with Gasteiger partial charge < -0.3 is 8.94 Å². The van der Waals surface area contributed by atoms with Crippen molar-refractivity contribution in [2.75, 3.05) is 0 Å². The predicted octanol–water partition coefficient (Wildman–Crippen LogP) is 3.00. The molecule has 0 spiro atoms. The van der Waals surface area contributed by atoms with Gasteiger partial charge in [0.2, 0.25) is 5.76 Å². The maximum atomic E-state index is 5.57. The van der Waals surface area contributed by atoms with Crippen LogP contribution in [0.2, 0.25) is 0 Å². The molecular formula is C12H8N2O2. The zero-order valence-corrected chi connectivity index (χ0v) is 8.33. The zero-order chi connectivity index (χ0) is 10.8. The van der Waals surface area contributed by atoms with Crippen LogP contribution in [0.25, 0.3) is 23.0 Å². The van der Waals surface area contributed by atoms with Crippen LogP contribution in [-0.2, 0) is 0 Å². The molecule has 3 rings (SSSR count). The molecule has 16 heavy (non-hydrogen) atoms. The highest BCUT2D eigenvalue weighted by atomic mass is 16.5. The van der Waals surface area contributed by atoms with Gasteiger partial charge >= 0.3 is 0 Å². The SMILES string of the molecule is c1ccc(-c2cnc(-c3ccno3)o2)cc1. The summed E-state index contributed by atoms with van der Waals surface area (Å²) in [6, 6.07) is 11.5. The molecule has 0 unspecified atom stereocenters. The van der Waals surface area contributed by atoms with Crippen LogP contribution in [0.15, 0.2) is 57.7 Å². The van der Waals surface area contributed by atoms with E-state index in [0.29, 0.717) is 17.4 Å². The maximum Gasteiger partial charge on any atom is 0.266 e. The van der Waals surface area contributed by atoms with Gasteiger partial charge in [-0.3, -0.25) is 0 Å². The van der Waals surface area contributed by atoms with Gasteiger partial charge in [-0.1, -0.05) is 35.5 Å². The van der Waals surface area contributed by atoms with Crippen molar-refractivity contribution in [3.8, 4) is 23.0 Å². The molecule has 0 aliphatic carbocycles. The average Bonchev–Trinajstić information content (AvgIpc) is 3.01. The van der Waals surface area contributed by atoms with Gasteiger partial charge in [0.05, 0.1) is 12.4 Å². The van der Waals surface area contributed by atoms with E-state index < -0.39 is 0 Å². The summed E-state index contributed by atoms with van der Waals surface area (Å²) in [7, 11) is 0. The quantitative estimate of drug-likeness (QED) is 0.655. The van der Waals surface area contributed by atoms with Crippen molar-refractivity contribution in [3.05, 3.63) is 48.8 Å². The van der Waals surface area contributed by atoms with Crippen LogP contribution in [-0.4, -0.2) is 10.1 Å². The molecule has 0 saturated heterocycles. The lowest BCUT2D eigenvalue weighted by molar-refractivity contribution is 0.416. The van der Waals surface area contributed by atoms with Crippen molar-refractivity contribution in [2.45, 2.75) is 0 Å². The highest BCUT2D eigenvalue weighted by Crippen LogP contribution is 2.25. The Morgan fingerprint density at radius 1 is 0.938 bits per heavy atom. The number of rotatable bonds is 2. The van der Waals surface area contributed by atoms with Gasteiger partial charge in [0.1, 0.15) is 0 Å². The highest BCUT2D eigenvalue weighted by Gasteiger charge is 2.10. The molecular weight excluding hydrogens is 204 g/mol. The molecule has 4 nitrogen and oxygen atoms in total. The van der Waals surface area contributed by atoms with Crippen LogP contribution in [0.1, 0.15) is 0 Å². The molecule has 0 atom stereocenters. The minimum absolute atomic E-state index is 0.441. The van der Waals surface area contributed by atoms with E-state index >= 15 is 0 Å². The van der Waals surface area contributed by atoms with Crippen LogP contribution >= 0.6 is 0 Å². The Bertz CT molecular complexity index is 570. The van der Waals surface area contributed by atoms with Gasteiger partial charge in [0, 0.05) is 11.6 Å². The Morgan fingerprint density at radius 2 is 1.81 bits per heavy atom. The molecule has 0 radical (unpaired) electrons. The van der Waals surface area contributed by atoms with E-state index in [2.05, 4.69) is 10.1 Å². The summed E-state index contributed by atoms with van der Waals surface area (Å²) in [4.78, 5) is 4.13. The van der Waals surface area contributed by atoms with E-state index in [1.165, 1.54) is 0 Å². The molecule has 0 N–H and O–H groups in total. The number of nitrogens with zero attached hydrogens (tertiary/aromatic N) is 2. The van der Waals surface area contributed by atoms with Crippen LogP contribution in [0.3, 0.4) is 0 Å². The van der Waals surface area contributed by atoms with E-state index in [1.54, 1.807) is 18.5 Å². The average molecular weight is 212 g/mol. The van der Waals surface area contributed by atoms with Crippen molar-refractivity contribution >= 4 is 0 Å². The third kappa shape index (κ3) is 1.50. The largest absolute Gasteiger partial charge is 0.434 e. The summed E-state index contributed by atoms with van der Waals surface area (Å²) in [6.07, 6.45) is 3.23. The first-order chi connectivity index (χ1) is 7.93. The van der Waals surface area contributed by atoms with E-state index in [4.69, 9.17) is 8.94 Å². The first kappa shape index (κ1) is 8.91. The Labute approximate surface area is 91.5 Å². The summed E-state index contributed by atoms with van der Waals surface area (Å²) in [5, 5.41) is 3.61. The smallest absolute Gasteiger partial charge is 0.266 e. The Kier molecular flexibility index (Phi) is 2.04. The lowest BCUT2D eigenvalue weighted by Crippen LogP contribution is -1.70. The van der Waals surface area contributed by atoms with Gasteiger partial charge in [0.15, 0.2) is 5.76 Å². The molecule has 4 heteroatoms. The van der Waals surface area contributed by atoms with E-state index in [-0.39, 0.29) is 0 Å². The van der Waals surface area contributed by atoms with Gasteiger partial charge in [-0.15, -0.1) is 0 Å². The summed E-state index contributed by atoms with van der Waals surface area (Å²) in [6.45, 7) is 0. The van der Waals surface area contributed by atoms with Crippen LogP contribution in [0.4, 0.5) is 0 Å². The first-order valence-electron chi connectivity index (χ1n) is 4.86. The first-order valence-corrected chi connectivity index (χ1v) is 4.86. The molecule has 0 aliphatic heterocycles. The number of aromatic nitrogens is 2. The Hall–Kier alpha value is -2.36.